The molecular formula is C16H27NO. The van der Waals surface area contributed by atoms with Crippen molar-refractivity contribution in [3.63, 3.8) is 0 Å². The molecule has 0 aliphatic heterocycles. The summed E-state index contributed by atoms with van der Waals surface area (Å²) in [5, 5.41) is 12.7. The first-order valence-corrected chi connectivity index (χ1v) is 6.95. The van der Waals surface area contributed by atoms with E-state index in [0.717, 1.165) is 13.0 Å². The van der Waals surface area contributed by atoms with Crippen LogP contribution in [0.4, 0.5) is 0 Å². The van der Waals surface area contributed by atoms with Gasteiger partial charge in [0.05, 0.1) is 6.61 Å². The molecule has 0 bridgehead atoms. The summed E-state index contributed by atoms with van der Waals surface area (Å²) in [6.45, 7) is 9.75. The van der Waals surface area contributed by atoms with Crippen LogP contribution in [0, 0.1) is 11.8 Å². The Kier molecular flexibility index (Phi) is 6.37. The highest BCUT2D eigenvalue weighted by atomic mass is 16.3. The van der Waals surface area contributed by atoms with Gasteiger partial charge >= 0.3 is 0 Å². The molecule has 1 aromatic rings. The molecule has 1 unspecified atom stereocenters. The number of aliphatic hydroxyl groups is 1. The van der Waals surface area contributed by atoms with Crippen molar-refractivity contribution in [2.45, 2.75) is 46.7 Å². The minimum atomic E-state index is 0.181. The fourth-order valence-corrected chi connectivity index (χ4v) is 2.02. The lowest BCUT2D eigenvalue weighted by Gasteiger charge is -2.20. The molecule has 1 atom stereocenters. The molecule has 0 spiro atoms. The van der Waals surface area contributed by atoms with E-state index in [1.807, 2.05) is 0 Å². The molecular weight excluding hydrogens is 222 g/mol. The van der Waals surface area contributed by atoms with E-state index in [4.69, 9.17) is 0 Å². The van der Waals surface area contributed by atoms with E-state index < -0.39 is 0 Å². The molecule has 0 aromatic heterocycles. The fourth-order valence-electron chi connectivity index (χ4n) is 2.02. The van der Waals surface area contributed by atoms with Gasteiger partial charge < -0.3 is 10.4 Å². The zero-order valence-corrected chi connectivity index (χ0v) is 12.1. The van der Waals surface area contributed by atoms with Gasteiger partial charge in [0.25, 0.3) is 0 Å². The van der Waals surface area contributed by atoms with Crippen LogP contribution in [0.2, 0.25) is 0 Å². The quantitative estimate of drug-likeness (QED) is 0.778. The lowest BCUT2D eigenvalue weighted by molar-refractivity contribution is 0.210. The Morgan fingerprint density at radius 1 is 1.00 bits per heavy atom. The largest absolute Gasteiger partial charge is 0.395 e. The van der Waals surface area contributed by atoms with Crippen molar-refractivity contribution in [1.29, 1.82) is 0 Å². The monoisotopic (exact) mass is 249 g/mol. The Morgan fingerprint density at radius 2 is 1.56 bits per heavy atom. The zero-order chi connectivity index (χ0) is 13.5. The van der Waals surface area contributed by atoms with Crippen LogP contribution in [0.5, 0.6) is 0 Å². The molecule has 0 heterocycles. The van der Waals surface area contributed by atoms with Crippen LogP contribution in [0.15, 0.2) is 24.3 Å². The molecule has 102 valence electrons. The summed E-state index contributed by atoms with van der Waals surface area (Å²) in [5.41, 5.74) is 2.68. The van der Waals surface area contributed by atoms with E-state index in [9.17, 15) is 5.11 Å². The Balaban J connectivity index is 2.48. The number of hydrogen-bond donors (Lipinski definition) is 2. The van der Waals surface area contributed by atoms with Crippen molar-refractivity contribution < 1.29 is 5.11 Å². The third-order valence-electron chi connectivity index (χ3n) is 3.24. The maximum atomic E-state index is 9.26. The Bertz CT molecular complexity index is 329. The second kappa shape index (κ2) is 7.55. The summed E-state index contributed by atoms with van der Waals surface area (Å²) in [4.78, 5) is 0. The topological polar surface area (TPSA) is 32.3 Å². The van der Waals surface area contributed by atoms with E-state index in [-0.39, 0.29) is 12.6 Å². The highest BCUT2D eigenvalue weighted by Gasteiger charge is 2.10. The summed E-state index contributed by atoms with van der Waals surface area (Å²) < 4.78 is 0. The van der Waals surface area contributed by atoms with Crippen LogP contribution in [0.3, 0.4) is 0 Å². The lowest BCUT2D eigenvalue weighted by atomic mass is 10.0. The number of aliphatic hydroxyl groups excluding tert-OH is 1. The lowest BCUT2D eigenvalue weighted by Crippen LogP contribution is -2.36. The van der Waals surface area contributed by atoms with Gasteiger partial charge in [-0.25, -0.2) is 0 Å². The summed E-state index contributed by atoms with van der Waals surface area (Å²) in [5.74, 6) is 1.16. The first-order valence-electron chi connectivity index (χ1n) is 6.95. The molecule has 0 fully saturated rings. The van der Waals surface area contributed by atoms with E-state index in [2.05, 4.69) is 57.3 Å². The average molecular weight is 249 g/mol. The first-order chi connectivity index (χ1) is 8.52. The van der Waals surface area contributed by atoms with Gasteiger partial charge in [-0.05, 0) is 29.4 Å². The predicted octanol–water partition coefficient (Wildman–Crippen LogP) is 2.99. The van der Waals surface area contributed by atoms with Gasteiger partial charge in [0.2, 0.25) is 0 Å². The normalized spacial score (nSPS) is 13.3. The van der Waals surface area contributed by atoms with Gasteiger partial charge in [-0.15, -0.1) is 0 Å². The predicted molar refractivity (Wildman–Crippen MR) is 77.5 cm³/mol. The van der Waals surface area contributed by atoms with Gasteiger partial charge in [0.1, 0.15) is 0 Å². The molecule has 1 rings (SSSR count). The number of nitrogens with one attached hydrogen (secondary N) is 1. The zero-order valence-electron chi connectivity index (χ0n) is 12.1. The Hall–Kier alpha value is -0.860. The summed E-state index contributed by atoms with van der Waals surface area (Å²) in [6.07, 6.45) is 1.14. The molecule has 2 heteroatoms. The molecule has 2 nitrogen and oxygen atoms in total. The smallest absolute Gasteiger partial charge is 0.0587 e. The summed E-state index contributed by atoms with van der Waals surface area (Å²) in [7, 11) is 0. The van der Waals surface area contributed by atoms with Gasteiger partial charge in [0, 0.05) is 12.6 Å². The summed E-state index contributed by atoms with van der Waals surface area (Å²) in [6, 6.07) is 8.96. The van der Waals surface area contributed by atoms with Gasteiger partial charge in [-0.2, -0.15) is 0 Å². The van der Waals surface area contributed by atoms with Crippen LogP contribution < -0.4 is 5.32 Å². The number of hydrogen-bond acceptors (Lipinski definition) is 2. The minimum absolute atomic E-state index is 0.181. The maximum Gasteiger partial charge on any atom is 0.0587 e. The molecule has 0 radical (unpaired) electrons. The van der Waals surface area contributed by atoms with Crippen molar-refractivity contribution in [3.8, 4) is 0 Å². The molecule has 0 saturated carbocycles. The van der Waals surface area contributed by atoms with Crippen molar-refractivity contribution in [3.05, 3.63) is 35.4 Å². The standard InChI is InChI=1S/C16H27NO/c1-12(2)9-14-5-7-15(8-6-14)10-17-16(11-18)13(3)4/h5-8,12-13,16-18H,9-11H2,1-4H3. The van der Waals surface area contributed by atoms with E-state index in [1.165, 1.54) is 11.1 Å². The third-order valence-corrected chi connectivity index (χ3v) is 3.24. The van der Waals surface area contributed by atoms with Crippen LogP contribution in [-0.2, 0) is 13.0 Å². The average Bonchev–Trinajstić information content (AvgIpc) is 2.31. The van der Waals surface area contributed by atoms with Crippen molar-refractivity contribution in [2.75, 3.05) is 6.61 Å². The molecule has 0 amide bonds. The second-order valence-electron chi connectivity index (χ2n) is 5.83. The third kappa shape index (κ3) is 5.19. The SMILES string of the molecule is CC(C)Cc1ccc(CNC(CO)C(C)C)cc1. The Labute approximate surface area is 111 Å². The molecule has 1 aromatic carbocycles. The van der Waals surface area contributed by atoms with Crippen LogP contribution >= 0.6 is 0 Å². The van der Waals surface area contributed by atoms with Crippen molar-refractivity contribution in [1.82, 2.24) is 5.32 Å². The van der Waals surface area contributed by atoms with E-state index in [1.54, 1.807) is 0 Å². The number of benzene rings is 1. The van der Waals surface area contributed by atoms with Crippen LogP contribution in [-0.4, -0.2) is 17.8 Å². The molecule has 0 aliphatic rings. The number of rotatable bonds is 7. The highest BCUT2D eigenvalue weighted by Crippen LogP contribution is 2.10. The van der Waals surface area contributed by atoms with Gasteiger partial charge in [0.15, 0.2) is 0 Å². The fraction of sp³-hybridized carbons (Fsp3) is 0.625. The van der Waals surface area contributed by atoms with Gasteiger partial charge in [-0.1, -0.05) is 52.0 Å². The second-order valence-corrected chi connectivity index (χ2v) is 5.83. The maximum absolute atomic E-state index is 9.26. The minimum Gasteiger partial charge on any atom is -0.395 e. The molecule has 2 N–H and O–H groups in total. The van der Waals surface area contributed by atoms with Crippen molar-refractivity contribution >= 4 is 0 Å². The molecule has 0 aliphatic carbocycles. The van der Waals surface area contributed by atoms with E-state index >= 15 is 0 Å². The van der Waals surface area contributed by atoms with E-state index in [0.29, 0.717) is 11.8 Å². The van der Waals surface area contributed by atoms with Gasteiger partial charge in [-0.3, -0.25) is 0 Å². The van der Waals surface area contributed by atoms with Crippen LogP contribution in [0.1, 0.15) is 38.8 Å². The molecule has 18 heavy (non-hydrogen) atoms. The van der Waals surface area contributed by atoms with Crippen LogP contribution in [0.25, 0.3) is 0 Å². The molecule has 0 saturated heterocycles. The Morgan fingerprint density at radius 3 is 2.00 bits per heavy atom. The first kappa shape index (κ1) is 15.2. The van der Waals surface area contributed by atoms with Crippen molar-refractivity contribution in [2.24, 2.45) is 11.8 Å². The highest BCUT2D eigenvalue weighted by molar-refractivity contribution is 5.22. The summed E-state index contributed by atoms with van der Waals surface area (Å²) >= 11 is 0.